The first-order valence-corrected chi connectivity index (χ1v) is 13.1. The average Bonchev–Trinajstić information content (AvgIpc) is 3.73. The first-order valence-electron chi connectivity index (χ1n) is 12.3. The number of alkyl halides is 2. The lowest BCUT2D eigenvalue weighted by atomic mass is 10.0. The number of ketones is 1. The van der Waals surface area contributed by atoms with Crippen molar-refractivity contribution in [3.05, 3.63) is 86.8 Å². The molecule has 212 valence electrons. The van der Waals surface area contributed by atoms with Crippen molar-refractivity contribution >= 4 is 40.6 Å². The molecule has 1 aliphatic rings. The Balaban J connectivity index is 1.66. The second-order valence-corrected chi connectivity index (χ2v) is 10.3. The smallest absolute Gasteiger partial charge is 0.387 e. The van der Waals surface area contributed by atoms with Gasteiger partial charge in [-0.1, -0.05) is 29.3 Å². The van der Waals surface area contributed by atoms with Crippen molar-refractivity contribution in [1.82, 2.24) is 0 Å². The Morgan fingerprint density at radius 2 is 1.70 bits per heavy atom. The van der Waals surface area contributed by atoms with Gasteiger partial charge in [-0.2, -0.15) is 13.5 Å². The number of carbonyl (C=O) groups excluding carboxylic acids is 2. The summed E-state index contributed by atoms with van der Waals surface area (Å²) in [5.41, 5.74) is 1.54. The highest BCUT2D eigenvalue weighted by Gasteiger charge is 2.28. The number of pyridine rings is 1. The summed E-state index contributed by atoms with van der Waals surface area (Å²) in [4.78, 5) is 27.8. The van der Waals surface area contributed by atoms with Crippen LogP contribution in [0.25, 0.3) is 0 Å². The van der Waals surface area contributed by atoms with Crippen molar-refractivity contribution in [2.75, 3.05) is 25.6 Å². The number of carbonyl (C=O) groups is 2. The lowest BCUT2D eigenvalue weighted by Crippen LogP contribution is -2.26. The number of hydrogen-bond acceptors (Lipinski definition) is 7. The van der Waals surface area contributed by atoms with Crippen LogP contribution in [0, 0.1) is 11.1 Å². The number of anilines is 1. The topological polar surface area (TPSA) is 92.0 Å². The molecule has 12 heteroatoms. The lowest BCUT2D eigenvalue weighted by molar-refractivity contribution is -0.605. The first kappa shape index (κ1) is 29.4. The van der Waals surface area contributed by atoms with E-state index >= 15 is 0 Å². The van der Waals surface area contributed by atoms with Crippen LogP contribution in [0.3, 0.4) is 0 Å². The van der Waals surface area contributed by atoms with Crippen LogP contribution in [-0.4, -0.2) is 39.1 Å². The fraction of sp³-hybridized carbons (Fsp3) is 0.321. The van der Waals surface area contributed by atoms with Crippen molar-refractivity contribution in [3.8, 4) is 11.5 Å². The second kappa shape index (κ2) is 12.7. The number of Topliss-reactive ketones (excluding diaryl/α,β-unsaturated/α-hetero) is 1. The molecule has 0 aliphatic heterocycles. The van der Waals surface area contributed by atoms with Crippen LogP contribution < -0.4 is 19.1 Å². The van der Waals surface area contributed by atoms with Crippen molar-refractivity contribution in [2.45, 2.75) is 32.0 Å². The van der Waals surface area contributed by atoms with Crippen LogP contribution in [0.15, 0.2) is 54.9 Å². The third-order valence-corrected chi connectivity index (χ3v) is 6.91. The number of esters is 1. The fourth-order valence-electron chi connectivity index (χ4n) is 3.87. The van der Waals surface area contributed by atoms with E-state index in [9.17, 15) is 23.6 Å². The van der Waals surface area contributed by atoms with Gasteiger partial charge in [0.05, 0.1) is 6.61 Å². The summed E-state index contributed by atoms with van der Waals surface area (Å²) in [6.45, 7) is -2.78. The van der Waals surface area contributed by atoms with E-state index in [1.165, 1.54) is 30.3 Å². The van der Waals surface area contributed by atoms with E-state index in [4.69, 9.17) is 32.7 Å². The number of rotatable bonds is 12. The molecule has 8 nitrogen and oxygen atoms in total. The van der Waals surface area contributed by atoms with Crippen LogP contribution in [0.2, 0.25) is 10.0 Å². The van der Waals surface area contributed by atoms with Gasteiger partial charge in [0.25, 0.3) is 5.78 Å². The maximum Gasteiger partial charge on any atom is 0.387 e. The van der Waals surface area contributed by atoms with Crippen LogP contribution in [0.4, 0.5) is 14.5 Å². The highest BCUT2D eigenvalue weighted by atomic mass is 35.5. The summed E-state index contributed by atoms with van der Waals surface area (Å²) in [6.07, 6.45) is 2.82. The molecule has 40 heavy (non-hydrogen) atoms. The van der Waals surface area contributed by atoms with Gasteiger partial charge in [-0.3, -0.25) is 4.79 Å². The Kier molecular flexibility index (Phi) is 9.32. The Morgan fingerprint density at radius 1 is 1.05 bits per heavy atom. The summed E-state index contributed by atoms with van der Waals surface area (Å²) in [7, 11) is 3.67. The maximum atomic E-state index is 13.0. The number of aromatic nitrogens is 1. The van der Waals surface area contributed by atoms with E-state index in [-0.39, 0.29) is 39.1 Å². The van der Waals surface area contributed by atoms with E-state index < -0.39 is 24.5 Å². The van der Waals surface area contributed by atoms with Gasteiger partial charge >= 0.3 is 12.6 Å². The third-order valence-electron chi connectivity index (χ3n) is 6.25. The molecular weight excluding hydrogens is 569 g/mol. The number of hydrogen-bond donors (Lipinski definition) is 0. The van der Waals surface area contributed by atoms with E-state index in [2.05, 4.69) is 4.74 Å². The molecule has 1 aromatic heterocycles. The normalized spacial score (nSPS) is 13.6. The number of nitrogens with zero attached hydrogens (tertiary/aromatic N) is 2. The quantitative estimate of drug-likeness (QED) is 0.0861. The number of benzene rings is 2. The Labute approximate surface area is 239 Å². The lowest BCUT2D eigenvalue weighted by Gasteiger charge is -2.21. The molecule has 0 N–H and O–H groups in total. The van der Waals surface area contributed by atoms with Crippen LogP contribution in [-0.2, 0) is 16.0 Å². The van der Waals surface area contributed by atoms with Gasteiger partial charge in [0, 0.05) is 37.3 Å². The highest BCUT2D eigenvalue weighted by molar-refractivity contribution is 6.40. The van der Waals surface area contributed by atoms with Gasteiger partial charge in [0.15, 0.2) is 23.9 Å². The minimum Gasteiger partial charge on any atom is -0.619 e. The van der Waals surface area contributed by atoms with Gasteiger partial charge in [-0.15, -0.1) is 0 Å². The van der Waals surface area contributed by atoms with E-state index in [1.54, 1.807) is 12.1 Å². The molecule has 1 heterocycles. The van der Waals surface area contributed by atoms with Gasteiger partial charge < -0.3 is 24.3 Å². The fourth-order valence-corrected chi connectivity index (χ4v) is 4.47. The van der Waals surface area contributed by atoms with Gasteiger partial charge in [0.1, 0.15) is 16.1 Å². The molecular formula is C28H26Cl2F2N2O6. The molecule has 1 saturated carbocycles. The van der Waals surface area contributed by atoms with Crippen LogP contribution in [0.5, 0.6) is 11.5 Å². The third kappa shape index (κ3) is 7.51. The Morgan fingerprint density at radius 3 is 2.27 bits per heavy atom. The molecule has 1 atom stereocenters. The summed E-state index contributed by atoms with van der Waals surface area (Å²) in [5, 5.41) is 11.8. The van der Waals surface area contributed by atoms with Crippen molar-refractivity contribution in [3.63, 3.8) is 0 Å². The number of ether oxygens (including phenoxy) is 3. The SMILES string of the molecule is CN(C)c1ccc(C(=O)C(=O)O[C@@H](Cc2c(Cl)c[n+]([O-])cc2Cl)c2ccc(OC(F)F)c(OCC3CC3)c2)cc1. The summed E-state index contributed by atoms with van der Waals surface area (Å²) in [5.74, 6) is -1.89. The van der Waals surface area contributed by atoms with Crippen LogP contribution in [0.1, 0.15) is 40.4 Å². The molecule has 2 aromatic carbocycles. The molecule has 0 amide bonds. The molecule has 4 rings (SSSR count). The monoisotopic (exact) mass is 594 g/mol. The first-order chi connectivity index (χ1) is 19.0. The summed E-state index contributed by atoms with van der Waals surface area (Å²) < 4.78 is 42.5. The highest BCUT2D eigenvalue weighted by Crippen LogP contribution is 2.38. The zero-order valence-corrected chi connectivity index (χ0v) is 23.1. The average molecular weight is 595 g/mol. The standard InChI is InChI=1S/C28H26Cl2F2N2O6/c1-33(2)19-8-5-17(6-9-19)26(35)27(36)39-24(12-20-21(29)13-34(37)14-22(20)30)18-7-10-23(40-28(31)32)25(11-18)38-15-16-3-4-16/h5-11,13-14,16,24,28H,3-4,12,15H2,1-2H3/t24-/m0/s1. The number of halogens is 4. The van der Waals surface area contributed by atoms with E-state index in [0.29, 0.717) is 22.8 Å². The van der Waals surface area contributed by atoms with Crippen molar-refractivity contribution in [1.29, 1.82) is 0 Å². The van der Waals surface area contributed by atoms with E-state index in [0.717, 1.165) is 30.9 Å². The minimum absolute atomic E-state index is 0.0111. The van der Waals surface area contributed by atoms with Gasteiger partial charge in [0.2, 0.25) is 0 Å². The van der Waals surface area contributed by atoms with Crippen LogP contribution >= 0.6 is 23.2 Å². The Bertz CT molecular complexity index is 1360. The zero-order valence-electron chi connectivity index (χ0n) is 21.6. The summed E-state index contributed by atoms with van der Waals surface area (Å²) >= 11 is 12.5. The molecule has 0 bridgehead atoms. The predicted octanol–water partition coefficient (Wildman–Crippen LogP) is 5.79. The zero-order chi connectivity index (χ0) is 29.0. The maximum absolute atomic E-state index is 13.0. The molecule has 1 fully saturated rings. The van der Waals surface area contributed by atoms with Crippen molar-refractivity contribution in [2.24, 2.45) is 5.92 Å². The molecule has 3 aromatic rings. The molecule has 1 aliphatic carbocycles. The molecule has 0 radical (unpaired) electrons. The van der Waals surface area contributed by atoms with Gasteiger partial charge in [-0.05, 0) is 60.7 Å². The Hall–Kier alpha value is -3.63. The minimum atomic E-state index is -3.08. The molecule has 0 unspecified atom stereocenters. The summed E-state index contributed by atoms with van der Waals surface area (Å²) in [6, 6.07) is 10.5. The second-order valence-electron chi connectivity index (χ2n) is 9.50. The molecule has 0 spiro atoms. The van der Waals surface area contributed by atoms with E-state index in [1.807, 2.05) is 19.0 Å². The predicted molar refractivity (Wildman–Crippen MR) is 144 cm³/mol. The molecule has 0 saturated heterocycles. The van der Waals surface area contributed by atoms with Crippen molar-refractivity contribution < 1.29 is 37.3 Å². The van der Waals surface area contributed by atoms with Gasteiger partial charge in [-0.25, -0.2) is 4.79 Å². The largest absolute Gasteiger partial charge is 0.619 e.